The van der Waals surface area contributed by atoms with Crippen LogP contribution in [0, 0.1) is 6.92 Å². The zero-order chi connectivity index (χ0) is 16.7. The van der Waals surface area contributed by atoms with E-state index >= 15 is 0 Å². The van der Waals surface area contributed by atoms with Crippen LogP contribution in [0.25, 0.3) is 0 Å². The maximum absolute atomic E-state index is 5.52. The summed E-state index contributed by atoms with van der Waals surface area (Å²) in [6.45, 7) is 5.40. The molecule has 0 saturated carbocycles. The molecule has 0 aliphatic heterocycles. The average molecular weight is 333 g/mol. The van der Waals surface area contributed by atoms with Gasteiger partial charge in [-0.25, -0.2) is 0 Å². The fraction of sp³-hybridized carbons (Fsp3) is 0.353. The summed E-state index contributed by atoms with van der Waals surface area (Å²) in [6.07, 6.45) is 0. The van der Waals surface area contributed by atoms with E-state index in [1.807, 2.05) is 25.1 Å². The summed E-state index contributed by atoms with van der Waals surface area (Å²) < 4.78 is 10.9. The molecule has 23 heavy (non-hydrogen) atoms. The number of aliphatic imine (C=N–C) groups is 1. The van der Waals surface area contributed by atoms with Gasteiger partial charge in [-0.05, 0) is 38.1 Å². The van der Waals surface area contributed by atoms with Gasteiger partial charge >= 0.3 is 0 Å². The van der Waals surface area contributed by atoms with Gasteiger partial charge in [-0.1, -0.05) is 0 Å². The van der Waals surface area contributed by atoms with E-state index in [0.29, 0.717) is 18.3 Å². The Labute approximate surface area is 141 Å². The van der Waals surface area contributed by atoms with E-state index in [0.717, 1.165) is 18.0 Å². The maximum atomic E-state index is 5.52. The molecule has 2 N–H and O–H groups in total. The van der Waals surface area contributed by atoms with Gasteiger partial charge in [0.1, 0.15) is 0 Å². The quantitative estimate of drug-likeness (QED) is 0.626. The molecular weight excluding hydrogens is 310 g/mol. The number of anilines is 1. The SMILES string of the molecule is CCOc1ccc(NC(=NC)NCc2ccc(C)s2)cc1OC. The smallest absolute Gasteiger partial charge is 0.195 e. The van der Waals surface area contributed by atoms with E-state index in [-0.39, 0.29) is 0 Å². The van der Waals surface area contributed by atoms with Crippen LogP contribution in [-0.4, -0.2) is 26.7 Å². The van der Waals surface area contributed by atoms with Crippen molar-refractivity contribution in [2.45, 2.75) is 20.4 Å². The minimum Gasteiger partial charge on any atom is -0.493 e. The van der Waals surface area contributed by atoms with E-state index in [1.54, 1.807) is 25.5 Å². The predicted octanol–water partition coefficient (Wildman–Crippen LogP) is 3.65. The fourth-order valence-corrected chi connectivity index (χ4v) is 2.92. The van der Waals surface area contributed by atoms with Crippen LogP contribution in [0.5, 0.6) is 11.5 Å². The molecule has 0 saturated heterocycles. The number of rotatable bonds is 6. The third kappa shape index (κ3) is 4.89. The number of benzene rings is 1. The predicted molar refractivity (Wildman–Crippen MR) is 97.0 cm³/mol. The zero-order valence-corrected chi connectivity index (χ0v) is 14.8. The number of thiophene rings is 1. The second-order valence-corrected chi connectivity index (χ2v) is 6.23. The Balaban J connectivity index is 2.01. The van der Waals surface area contributed by atoms with Crippen LogP contribution in [0.15, 0.2) is 35.3 Å². The summed E-state index contributed by atoms with van der Waals surface area (Å²) >= 11 is 1.78. The number of guanidine groups is 1. The Morgan fingerprint density at radius 3 is 2.65 bits per heavy atom. The summed E-state index contributed by atoms with van der Waals surface area (Å²) in [5.41, 5.74) is 0.890. The van der Waals surface area contributed by atoms with Gasteiger partial charge in [0.25, 0.3) is 0 Å². The molecule has 0 fully saturated rings. The van der Waals surface area contributed by atoms with E-state index in [4.69, 9.17) is 9.47 Å². The van der Waals surface area contributed by atoms with E-state index < -0.39 is 0 Å². The third-order valence-electron chi connectivity index (χ3n) is 3.18. The van der Waals surface area contributed by atoms with E-state index in [1.165, 1.54) is 9.75 Å². The molecule has 0 radical (unpaired) electrons. The Bertz CT molecular complexity index is 668. The molecule has 0 amide bonds. The average Bonchev–Trinajstić information content (AvgIpc) is 2.98. The van der Waals surface area contributed by atoms with Crippen LogP contribution in [-0.2, 0) is 6.54 Å². The summed E-state index contributed by atoms with van der Waals surface area (Å²) in [4.78, 5) is 6.83. The van der Waals surface area contributed by atoms with Gasteiger partial charge < -0.3 is 20.1 Å². The van der Waals surface area contributed by atoms with Crippen LogP contribution in [0.1, 0.15) is 16.7 Å². The van der Waals surface area contributed by atoms with Crippen molar-refractivity contribution in [3.05, 3.63) is 40.1 Å². The first kappa shape index (κ1) is 17.1. The number of nitrogens with zero attached hydrogens (tertiary/aromatic N) is 1. The maximum Gasteiger partial charge on any atom is 0.195 e. The number of hydrogen-bond donors (Lipinski definition) is 2. The Hall–Kier alpha value is -2.21. The molecular formula is C17H23N3O2S. The largest absolute Gasteiger partial charge is 0.493 e. The fourth-order valence-electron chi connectivity index (χ4n) is 2.09. The number of methoxy groups -OCH3 is 1. The van der Waals surface area contributed by atoms with Gasteiger partial charge in [0.15, 0.2) is 17.5 Å². The lowest BCUT2D eigenvalue weighted by Crippen LogP contribution is -2.29. The first-order chi connectivity index (χ1) is 11.2. The molecule has 1 heterocycles. The highest BCUT2D eigenvalue weighted by Gasteiger charge is 2.07. The topological polar surface area (TPSA) is 54.9 Å². The molecule has 6 heteroatoms. The van der Waals surface area contributed by atoms with Crippen LogP contribution in [0.4, 0.5) is 5.69 Å². The first-order valence-electron chi connectivity index (χ1n) is 7.50. The Morgan fingerprint density at radius 1 is 1.22 bits per heavy atom. The van der Waals surface area contributed by atoms with Crippen LogP contribution < -0.4 is 20.1 Å². The summed E-state index contributed by atoms with van der Waals surface area (Å²) in [6, 6.07) is 9.97. The monoisotopic (exact) mass is 333 g/mol. The van der Waals surface area contributed by atoms with Gasteiger partial charge in [0, 0.05) is 28.6 Å². The molecule has 2 rings (SSSR count). The summed E-state index contributed by atoms with van der Waals surface area (Å²) in [5.74, 6) is 2.14. The highest BCUT2D eigenvalue weighted by atomic mass is 32.1. The number of aryl methyl sites for hydroxylation is 1. The van der Waals surface area contributed by atoms with Crippen molar-refractivity contribution in [3.63, 3.8) is 0 Å². The minimum absolute atomic E-state index is 0.604. The second kappa shape index (κ2) is 8.43. The molecule has 1 aromatic carbocycles. The van der Waals surface area contributed by atoms with Crippen LogP contribution >= 0.6 is 11.3 Å². The van der Waals surface area contributed by atoms with Gasteiger partial charge in [0.2, 0.25) is 0 Å². The molecule has 2 aromatic rings. The molecule has 0 spiro atoms. The van der Waals surface area contributed by atoms with Crippen molar-refractivity contribution in [2.24, 2.45) is 4.99 Å². The molecule has 0 unspecified atom stereocenters. The van der Waals surface area contributed by atoms with Crippen molar-refractivity contribution >= 4 is 23.0 Å². The number of hydrogen-bond acceptors (Lipinski definition) is 4. The van der Waals surface area contributed by atoms with Crippen LogP contribution in [0.2, 0.25) is 0 Å². The number of nitrogens with one attached hydrogen (secondary N) is 2. The highest BCUT2D eigenvalue weighted by Crippen LogP contribution is 2.30. The Morgan fingerprint density at radius 2 is 2.04 bits per heavy atom. The molecule has 124 valence electrons. The third-order valence-corrected chi connectivity index (χ3v) is 4.18. The lowest BCUT2D eigenvalue weighted by molar-refractivity contribution is 0.311. The summed E-state index contributed by atoms with van der Waals surface area (Å²) in [5, 5.41) is 6.56. The molecule has 5 nitrogen and oxygen atoms in total. The molecule has 0 aliphatic rings. The lowest BCUT2D eigenvalue weighted by atomic mass is 10.2. The van der Waals surface area contributed by atoms with Crippen molar-refractivity contribution in [1.29, 1.82) is 0 Å². The highest BCUT2D eigenvalue weighted by molar-refractivity contribution is 7.11. The van der Waals surface area contributed by atoms with Crippen molar-refractivity contribution in [3.8, 4) is 11.5 Å². The van der Waals surface area contributed by atoms with Gasteiger partial charge in [-0.3, -0.25) is 4.99 Å². The van der Waals surface area contributed by atoms with Crippen molar-refractivity contribution in [2.75, 3.05) is 26.1 Å². The molecule has 0 aliphatic carbocycles. The second-order valence-electron chi connectivity index (χ2n) is 4.86. The Kier molecular flexibility index (Phi) is 6.29. The van der Waals surface area contributed by atoms with Crippen LogP contribution in [0.3, 0.4) is 0 Å². The zero-order valence-electron chi connectivity index (χ0n) is 14.0. The standard InChI is InChI=1S/C17H23N3O2S/c1-5-22-15-9-7-13(10-16(15)21-4)20-17(18-3)19-11-14-8-6-12(2)23-14/h6-10H,5,11H2,1-4H3,(H2,18,19,20). The van der Waals surface area contributed by atoms with Crippen molar-refractivity contribution < 1.29 is 9.47 Å². The number of ether oxygens (including phenoxy) is 2. The molecule has 1 aromatic heterocycles. The van der Waals surface area contributed by atoms with Gasteiger partial charge in [-0.15, -0.1) is 11.3 Å². The summed E-state index contributed by atoms with van der Waals surface area (Å²) in [7, 11) is 3.38. The minimum atomic E-state index is 0.604. The normalized spacial score (nSPS) is 11.2. The van der Waals surface area contributed by atoms with Gasteiger partial charge in [0.05, 0.1) is 20.3 Å². The first-order valence-corrected chi connectivity index (χ1v) is 8.31. The lowest BCUT2D eigenvalue weighted by Gasteiger charge is -2.14. The molecule has 0 bridgehead atoms. The molecule has 0 atom stereocenters. The van der Waals surface area contributed by atoms with E-state index in [2.05, 4.69) is 34.7 Å². The van der Waals surface area contributed by atoms with Crippen molar-refractivity contribution in [1.82, 2.24) is 5.32 Å². The van der Waals surface area contributed by atoms with E-state index in [9.17, 15) is 0 Å². The van der Waals surface area contributed by atoms with Gasteiger partial charge in [-0.2, -0.15) is 0 Å².